The van der Waals surface area contributed by atoms with Crippen LogP contribution in [0, 0.1) is 6.92 Å². The Morgan fingerprint density at radius 1 is 1.53 bits per heavy atom. The number of aromatic nitrogens is 1. The molecule has 1 aromatic rings. The first-order chi connectivity index (χ1) is 7.08. The zero-order valence-corrected chi connectivity index (χ0v) is 9.23. The Labute approximate surface area is 90.1 Å². The lowest BCUT2D eigenvalue weighted by Gasteiger charge is -2.15. The van der Waals surface area contributed by atoms with E-state index >= 15 is 0 Å². The molecule has 0 spiro atoms. The first-order valence-corrected chi connectivity index (χ1v) is 4.97. The Balaban J connectivity index is 2.44. The Morgan fingerprint density at radius 2 is 2.27 bits per heavy atom. The van der Waals surface area contributed by atoms with Gasteiger partial charge in [0.1, 0.15) is 0 Å². The van der Waals surface area contributed by atoms with E-state index in [9.17, 15) is 4.79 Å². The van der Waals surface area contributed by atoms with E-state index in [0.717, 1.165) is 17.9 Å². The van der Waals surface area contributed by atoms with E-state index < -0.39 is 0 Å². The van der Waals surface area contributed by atoms with Crippen LogP contribution in [0.2, 0.25) is 0 Å². The van der Waals surface area contributed by atoms with Gasteiger partial charge < -0.3 is 10.6 Å². The molecule has 0 saturated carbocycles. The Kier molecular flexibility index (Phi) is 4.24. The monoisotopic (exact) mass is 207 g/mol. The van der Waals surface area contributed by atoms with E-state index in [1.54, 1.807) is 0 Å². The molecule has 1 aromatic heterocycles. The summed E-state index contributed by atoms with van der Waals surface area (Å²) in [5.74, 6) is -0.265. The third-order valence-corrected chi connectivity index (χ3v) is 2.12. The maximum absolute atomic E-state index is 10.6. The minimum Gasteiger partial charge on any atom is -0.370 e. The van der Waals surface area contributed by atoms with Gasteiger partial charge in [0.2, 0.25) is 5.91 Å². The van der Waals surface area contributed by atoms with Gasteiger partial charge in [-0.05, 0) is 26.1 Å². The molecule has 4 nitrogen and oxygen atoms in total. The van der Waals surface area contributed by atoms with Crippen LogP contribution >= 0.6 is 0 Å². The molecule has 0 bridgehead atoms. The highest BCUT2D eigenvalue weighted by Crippen LogP contribution is 2.01. The summed E-state index contributed by atoms with van der Waals surface area (Å²) in [5, 5.41) is 0. The molecular formula is C11H17N3O. The fourth-order valence-electron chi connectivity index (χ4n) is 1.34. The van der Waals surface area contributed by atoms with Crippen molar-refractivity contribution in [2.75, 3.05) is 13.6 Å². The molecule has 0 atom stereocenters. The molecule has 0 unspecified atom stereocenters. The number of pyridine rings is 1. The zero-order valence-electron chi connectivity index (χ0n) is 9.23. The van der Waals surface area contributed by atoms with Crippen LogP contribution in [0.3, 0.4) is 0 Å². The highest BCUT2D eigenvalue weighted by atomic mass is 16.1. The number of primary amides is 1. The Morgan fingerprint density at radius 3 is 2.87 bits per heavy atom. The van der Waals surface area contributed by atoms with Gasteiger partial charge in [0.05, 0.1) is 5.69 Å². The van der Waals surface area contributed by atoms with Gasteiger partial charge in [0.15, 0.2) is 0 Å². The van der Waals surface area contributed by atoms with Gasteiger partial charge in [-0.1, -0.05) is 6.07 Å². The molecule has 0 fully saturated rings. The fraction of sp³-hybridized carbons (Fsp3) is 0.455. The number of nitrogens with zero attached hydrogens (tertiary/aromatic N) is 2. The van der Waals surface area contributed by atoms with Gasteiger partial charge in [-0.3, -0.25) is 9.78 Å². The van der Waals surface area contributed by atoms with Crippen LogP contribution in [0.15, 0.2) is 18.2 Å². The standard InChI is InChI=1S/C11H17N3O/c1-9-4-3-5-10(13-9)8-14(2)7-6-11(12)15/h3-5H,6-8H2,1-2H3,(H2,12,15). The molecule has 0 saturated heterocycles. The minimum atomic E-state index is -0.265. The predicted octanol–water partition coefficient (Wildman–Crippen LogP) is 0.697. The van der Waals surface area contributed by atoms with Crippen LogP contribution < -0.4 is 5.73 Å². The summed E-state index contributed by atoms with van der Waals surface area (Å²) in [6.45, 7) is 3.38. The third-order valence-electron chi connectivity index (χ3n) is 2.12. The van der Waals surface area contributed by atoms with Crippen LogP contribution in [0.5, 0.6) is 0 Å². The van der Waals surface area contributed by atoms with Crippen LogP contribution in [0.25, 0.3) is 0 Å². The van der Waals surface area contributed by atoms with Gasteiger partial charge in [-0.15, -0.1) is 0 Å². The first kappa shape index (κ1) is 11.7. The second kappa shape index (κ2) is 5.46. The normalized spacial score (nSPS) is 10.6. The van der Waals surface area contributed by atoms with Crippen molar-refractivity contribution in [2.45, 2.75) is 19.9 Å². The van der Waals surface area contributed by atoms with Crippen molar-refractivity contribution >= 4 is 5.91 Å². The number of rotatable bonds is 5. The smallest absolute Gasteiger partial charge is 0.218 e. The molecule has 0 radical (unpaired) electrons. The van der Waals surface area contributed by atoms with Crippen LogP contribution in [-0.2, 0) is 11.3 Å². The first-order valence-electron chi connectivity index (χ1n) is 4.97. The summed E-state index contributed by atoms with van der Waals surface area (Å²) >= 11 is 0. The summed E-state index contributed by atoms with van der Waals surface area (Å²) < 4.78 is 0. The average Bonchev–Trinajstić information content (AvgIpc) is 2.15. The lowest BCUT2D eigenvalue weighted by Crippen LogP contribution is -2.24. The molecule has 1 heterocycles. The van der Waals surface area contributed by atoms with Gasteiger partial charge in [-0.25, -0.2) is 0 Å². The van der Waals surface area contributed by atoms with E-state index in [-0.39, 0.29) is 5.91 Å². The topological polar surface area (TPSA) is 59.2 Å². The van der Waals surface area contributed by atoms with E-state index in [4.69, 9.17) is 5.73 Å². The summed E-state index contributed by atoms with van der Waals surface area (Å²) in [5.41, 5.74) is 7.10. The largest absolute Gasteiger partial charge is 0.370 e. The van der Waals surface area contributed by atoms with Crippen LogP contribution in [0.4, 0.5) is 0 Å². The number of hydrogen-bond donors (Lipinski definition) is 1. The fourth-order valence-corrected chi connectivity index (χ4v) is 1.34. The number of amides is 1. The molecule has 1 rings (SSSR count). The van der Waals surface area contributed by atoms with E-state index in [0.29, 0.717) is 13.0 Å². The molecule has 1 amide bonds. The minimum absolute atomic E-state index is 0.265. The van der Waals surface area contributed by atoms with Gasteiger partial charge >= 0.3 is 0 Å². The number of carbonyl (C=O) groups is 1. The van der Waals surface area contributed by atoms with E-state index in [1.165, 1.54) is 0 Å². The molecule has 0 aliphatic rings. The quantitative estimate of drug-likeness (QED) is 0.773. The molecule has 0 aromatic carbocycles. The SMILES string of the molecule is Cc1cccc(CN(C)CCC(N)=O)n1. The van der Waals surface area contributed by atoms with Crippen molar-refractivity contribution in [1.82, 2.24) is 9.88 Å². The van der Waals surface area contributed by atoms with Crippen LogP contribution in [0.1, 0.15) is 17.8 Å². The molecular weight excluding hydrogens is 190 g/mol. The maximum atomic E-state index is 10.6. The van der Waals surface area contributed by atoms with Crippen molar-refractivity contribution in [3.63, 3.8) is 0 Å². The number of nitrogens with two attached hydrogens (primary N) is 1. The van der Waals surface area contributed by atoms with Crippen molar-refractivity contribution in [3.8, 4) is 0 Å². The summed E-state index contributed by atoms with van der Waals surface area (Å²) in [4.78, 5) is 17.0. The van der Waals surface area contributed by atoms with E-state index in [1.807, 2.05) is 37.1 Å². The Bertz CT molecular complexity index is 338. The van der Waals surface area contributed by atoms with Gasteiger partial charge in [0.25, 0.3) is 0 Å². The maximum Gasteiger partial charge on any atom is 0.218 e. The summed E-state index contributed by atoms with van der Waals surface area (Å²) in [7, 11) is 1.95. The lowest BCUT2D eigenvalue weighted by atomic mass is 10.3. The molecule has 0 aliphatic carbocycles. The van der Waals surface area contributed by atoms with Crippen molar-refractivity contribution in [3.05, 3.63) is 29.6 Å². The number of hydrogen-bond acceptors (Lipinski definition) is 3. The number of aryl methyl sites for hydroxylation is 1. The summed E-state index contributed by atoms with van der Waals surface area (Å²) in [6, 6.07) is 5.93. The summed E-state index contributed by atoms with van der Waals surface area (Å²) in [6.07, 6.45) is 0.391. The van der Waals surface area contributed by atoms with Crippen LogP contribution in [-0.4, -0.2) is 29.4 Å². The van der Waals surface area contributed by atoms with Crippen molar-refractivity contribution in [1.29, 1.82) is 0 Å². The second-order valence-electron chi connectivity index (χ2n) is 3.72. The zero-order chi connectivity index (χ0) is 11.3. The molecule has 15 heavy (non-hydrogen) atoms. The lowest BCUT2D eigenvalue weighted by molar-refractivity contribution is -0.118. The predicted molar refractivity (Wildman–Crippen MR) is 59.1 cm³/mol. The molecule has 2 N–H and O–H groups in total. The third kappa shape index (κ3) is 4.56. The highest BCUT2D eigenvalue weighted by Gasteiger charge is 2.03. The number of carbonyl (C=O) groups excluding carboxylic acids is 1. The second-order valence-corrected chi connectivity index (χ2v) is 3.72. The van der Waals surface area contributed by atoms with Gasteiger partial charge in [0, 0.05) is 25.2 Å². The molecule has 4 heteroatoms. The average molecular weight is 207 g/mol. The van der Waals surface area contributed by atoms with E-state index in [2.05, 4.69) is 4.98 Å². The Hall–Kier alpha value is -1.42. The highest BCUT2D eigenvalue weighted by molar-refractivity contribution is 5.73. The van der Waals surface area contributed by atoms with Crippen molar-refractivity contribution < 1.29 is 4.79 Å². The van der Waals surface area contributed by atoms with Gasteiger partial charge in [-0.2, -0.15) is 0 Å². The molecule has 82 valence electrons. The van der Waals surface area contributed by atoms with Crippen molar-refractivity contribution in [2.24, 2.45) is 5.73 Å². The molecule has 0 aliphatic heterocycles.